The van der Waals surface area contributed by atoms with Crippen LogP contribution in [0.5, 0.6) is 0 Å². The minimum absolute atomic E-state index is 0.128. The van der Waals surface area contributed by atoms with Crippen LogP contribution in [0.4, 0.5) is 10.1 Å². The molecule has 72 valence electrons. The first kappa shape index (κ1) is 7.94. The van der Waals surface area contributed by atoms with Crippen LogP contribution in [0, 0.1) is 5.82 Å². The minimum Gasteiger partial charge on any atom is -0.349 e. The molecule has 1 unspecified atom stereocenters. The zero-order chi connectivity index (χ0) is 9.71. The first-order valence-corrected chi connectivity index (χ1v) is 4.49. The average Bonchev–Trinajstić information content (AvgIpc) is 2.72. The molecule has 0 amide bonds. The average molecular weight is 193 g/mol. The van der Waals surface area contributed by atoms with E-state index in [0.717, 1.165) is 5.69 Å². The fraction of sp³-hybridized carbons (Fsp3) is 0.300. The van der Waals surface area contributed by atoms with Crippen LogP contribution in [-0.4, -0.2) is 25.2 Å². The maximum Gasteiger partial charge on any atom is 0.214 e. The molecule has 1 aromatic carbocycles. The van der Waals surface area contributed by atoms with E-state index in [9.17, 15) is 9.18 Å². The number of hydrogen-bond acceptors (Lipinski definition) is 3. The first-order chi connectivity index (χ1) is 6.77. The highest BCUT2D eigenvalue weighted by Crippen LogP contribution is 2.35. The van der Waals surface area contributed by atoms with E-state index in [0.29, 0.717) is 18.7 Å². The molecule has 3 rings (SSSR count). The van der Waals surface area contributed by atoms with E-state index < -0.39 is 6.23 Å². The Bertz CT molecular complexity index is 419. The lowest BCUT2D eigenvalue weighted by Crippen LogP contribution is -2.29. The van der Waals surface area contributed by atoms with Crippen LogP contribution in [0.2, 0.25) is 0 Å². The lowest BCUT2D eigenvalue weighted by molar-refractivity contribution is 0.0673. The van der Waals surface area contributed by atoms with Crippen LogP contribution in [-0.2, 0) is 4.74 Å². The Labute approximate surface area is 80.1 Å². The van der Waals surface area contributed by atoms with E-state index in [4.69, 9.17) is 4.74 Å². The van der Waals surface area contributed by atoms with Crippen molar-refractivity contribution in [1.82, 2.24) is 0 Å². The summed E-state index contributed by atoms with van der Waals surface area (Å²) in [4.78, 5) is 13.6. The van der Waals surface area contributed by atoms with Gasteiger partial charge >= 0.3 is 0 Å². The second-order valence-electron chi connectivity index (χ2n) is 3.44. The Kier molecular flexibility index (Phi) is 1.44. The SMILES string of the molecule is O=C1c2cc(F)ccc2N2CCOC12. The number of rotatable bonds is 0. The number of nitrogens with zero attached hydrogens (tertiary/aromatic N) is 1. The van der Waals surface area contributed by atoms with Crippen LogP contribution in [0.3, 0.4) is 0 Å². The Hall–Kier alpha value is -1.42. The van der Waals surface area contributed by atoms with E-state index in [1.165, 1.54) is 12.1 Å². The number of anilines is 1. The van der Waals surface area contributed by atoms with Gasteiger partial charge in [-0.1, -0.05) is 0 Å². The van der Waals surface area contributed by atoms with Gasteiger partial charge in [-0.15, -0.1) is 0 Å². The first-order valence-electron chi connectivity index (χ1n) is 4.49. The highest BCUT2D eigenvalue weighted by atomic mass is 19.1. The van der Waals surface area contributed by atoms with E-state index in [1.807, 2.05) is 4.90 Å². The normalized spacial score (nSPS) is 23.9. The molecule has 0 N–H and O–H groups in total. The molecule has 1 saturated heterocycles. The third-order valence-electron chi connectivity index (χ3n) is 2.65. The summed E-state index contributed by atoms with van der Waals surface area (Å²) >= 11 is 0. The summed E-state index contributed by atoms with van der Waals surface area (Å²) in [7, 11) is 0. The summed E-state index contributed by atoms with van der Waals surface area (Å²) in [5, 5.41) is 0. The van der Waals surface area contributed by atoms with Gasteiger partial charge in [0.05, 0.1) is 12.3 Å². The van der Waals surface area contributed by atoms with Gasteiger partial charge in [0.15, 0.2) is 6.23 Å². The summed E-state index contributed by atoms with van der Waals surface area (Å²) in [6.45, 7) is 1.27. The Balaban J connectivity index is 2.17. The Morgan fingerprint density at radius 2 is 2.36 bits per heavy atom. The number of carbonyl (C=O) groups excluding carboxylic acids is 1. The Morgan fingerprint density at radius 1 is 1.50 bits per heavy atom. The van der Waals surface area contributed by atoms with Gasteiger partial charge in [-0.3, -0.25) is 4.79 Å². The monoisotopic (exact) mass is 193 g/mol. The smallest absolute Gasteiger partial charge is 0.214 e. The highest BCUT2D eigenvalue weighted by molar-refractivity contribution is 6.10. The second-order valence-corrected chi connectivity index (χ2v) is 3.44. The van der Waals surface area contributed by atoms with Gasteiger partial charge in [0.1, 0.15) is 5.82 Å². The van der Waals surface area contributed by atoms with Crippen molar-refractivity contribution in [2.24, 2.45) is 0 Å². The topological polar surface area (TPSA) is 29.5 Å². The summed E-state index contributed by atoms with van der Waals surface area (Å²) in [5.41, 5.74) is 1.23. The van der Waals surface area contributed by atoms with Crippen LogP contribution < -0.4 is 4.90 Å². The Morgan fingerprint density at radius 3 is 3.21 bits per heavy atom. The number of ketones is 1. The third kappa shape index (κ3) is 0.861. The molecule has 1 fully saturated rings. The molecule has 1 atom stereocenters. The van der Waals surface area contributed by atoms with Crippen molar-refractivity contribution in [3.8, 4) is 0 Å². The number of carbonyl (C=O) groups is 1. The number of halogens is 1. The third-order valence-corrected chi connectivity index (χ3v) is 2.65. The number of benzene rings is 1. The maximum atomic E-state index is 12.9. The highest BCUT2D eigenvalue weighted by Gasteiger charge is 2.41. The van der Waals surface area contributed by atoms with Crippen molar-refractivity contribution < 1.29 is 13.9 Å². The lowest BCUT2D eigenvalue weighted by Gasteiger charge is -2.14. The van der Waals surface area contributed by atoms with Crippen molar-refractivity contribution in [2.45, 2.75) is 6.23 Å². The molecule has 3 nitrogen and oxygen atoms in total. The predicted octanol–water partition coefficient (Wildman–Crippen LogP) is 1.18. The predicted molar refractivity (Wildman–Crippen MR) is 47.8 cm³/mol. The molecule has 2 aliphatic heterocycles. The molecular weight excluding hydrogens is 185 g/mol. The van der Waals surface area contributed by atoms with Crippen molar-refractivity contribution in [1.29, 1.82) is 0 Å². The van der Waals surface area contributed by atoms with Gasteiger partial charge in [0.25, 0.3) is 0 Å². The zero-order valence-corrected chi connectivity index (χ0v) is 7.37. The van der Waals surface area contributed by atoms with Crippen LogP contribution in [0.1, 0.15) is 10.4 Å². The maximum absolute atomic E-state index is 12.9. The summed E-state index contributed by atoms with van der Waals surface area (Å²) < 4.78 is 18.2. The summed E-state index contributed by atoms with van der Waals surface area (Å²) in [6.07, 6.45) is -0.508. The molecule has 1 aromatic rings. The molecule has 14 heavy (non-hydrogen) atoms. The molecule has 0 aromatic heterocycles. The number of Topliss-reactive ketones (excluding diaryl/α,β-unsaturated/α-hetero) is 1. The van der Waals surface area contributed by atoms with Gasteiger partial charge in [-0.25, -0.2) is 4.39 Å². The molecule has 0 saturated carbocycles. The van der Waals surface area contributed by atoms with Crippen molar-refractivity contribution in [3.05, 3.63) is 29.6 Å². The van der Waals surface area contributed by atoms with Gasteiger partial charge < -0.3 is 9.64 Å². The zero-order valence-electron chi connectivity index (χ0n) is 7.37. The molecule has 0 bridgehead atoms. The van der Waals surface area contributed by atoms with Gasteiger partial charge in [-0.05, 0) is 18.2 Å². The van der Waals surface area contributed by atoms with Gasteiger partial charge in [0.2, 0.25) is 5.78 Å². The standard InChI is InChI=1S/C10H8FNO2/c11-6-1-2-8-7(5-6)9(13)10-12(8)3-4-14-10/h1-2,5,10H,3-4H2. The molecular formula is C10H8FNO2. The van der Waals surface area contributed by atoms with Crippen molar-refractivity contribution in [2.75, 3.05) is 18.1 Å². The molecule has 2 heterocycles. The van der Waals surface area contributed by atoms with E-state index in [-0.39, 0.29) is 11.6 Å². The molecule has 2 aliphatic rings. The van der Waals surface area contributed by atoms with Crippen LogP contribution >= 0.6 is 0 Å². The van der Waals surface area contributed by atoms with Crippen molar-refractivity contribution in [3.63, 3.8) is 0 Å². The van der Waals surface area contributed by atoms with E-state index in [1.54, 1.807) is 6.07 Å². The quantitative estimate of drug-likeness (QED) is 0.619. The van der Waals surface area contributed by atoms with Crippen molar-refractivity contribution >= 4 is 11.5 Å². The molecule has 0 radical (unpaired) electrons. The van der Waals surface area contributed by atoms with Gasteiger partial charge in [-0.2, -0.15) is 0 Å². The molecule has 0 spiro atoms. The van der Waals surface area contributed by atoms with E-state index in [2.05, 4.69) is 0 Å². The fourth-order valence-electron chi connectivity index (χ4n) is 2.02. The fourth-order valence-corrected chi connectivity index (χ4v) is 2.02. The number of ether oxygens (including phenoxy) is 1. The summed E-state index contributed by atoms with van der Waals surface area (Å²) in [5.74, 6) is -0.504. The largest absolute Gasteiger partial charge is 0.349 e. The minimum atomic E-state index is -0.508. The number of fused-ring (bicyclic) bond motifs is 3. The summed E-state index contributed by atoms with van der Waals surface area (Å²) in [6, 6.07) is 4.28. The van der Waals surface area contributed by atoms with Crippen LogP contribution in [0.25, 0.3) is 0 Å². The second kappa shape index (κ2) is 2.54. The van der Waals surface area contributed by atoms with Gasteiger partial charge in [0, 0.05) is 12.1 Å². The number of hydrogen-bond donors (Lipinski definition) is 0. The molecule has 0 aliphatic carbocycles. The lowest BCUT2D eigenvalue weighted by atomic mass is 10.1. The van der Waals surface area contributed by atoms with Crippen LogP contribution in [0.15, 0.2) is 18.2 Å². The molecule has 4 heteroatoms. The van der Waals surface area contributed by atoms with E-state index >= 15 is 0 Å².